The molecular weight excluding hydrogens is 179 g/mol. The Morgan fingerprint density at radius 1 is 1.00 bits per heavy atom. The zero-order valence-corrected chi connectivity index (χ0v) is 9.61. The zero-order valence-electron chi connectivity index (χ0n) is 9.61. The first-order valence-corrected chi connectivity index (χ1v) is 5.04. The Bertz CT molecular complexity index is 314. The Hall–Kier alpha value is -1.50. The molecule has 0 heterocycles. The van der Waals surface area contributed by atoms with Crippen LogP contribution in [0.5, 0.6) is 0 Å². The Kier molecular flexibility index (Phi) is 8.17. The summed E-state index contributed by atoms with van der Waals surface area (Å²) >= 11 is 0. The van der Waals surface area contributed by atoms with Crippen LogP contribution in [-0.2, 0) is 0 Å². The van der Waals surface area contributed by atoms with Gasteiger partial charge in [0, 0.05) is 0 Å². The van der Waals surface area contributed by atoms with Crippen LogP contribution in [0.4, 0.5) is 0 Å². The predicted molar refractivity (Wildman–Crippen MR) is 71.9 cm³/mol. The van der Waals surface area contributed by atoms with E-state index >= 15 is 0 Å². The van der Waals surface area contributed by atoms with Crippen LogP contribution in [0.2, 0.25) is 0 Å². The van der Waals surface area contributed by atoms with Crippen LogP contribution in [-0.4, -0.2) is 7.28 Å². The SMILES string of the molecule is C=C/C=C\C([B]C(/C=C\C)=C/C=C)=C/C. The number of hydrogen-bond donors (Lipinski definition) is 0. The monoisotopic (exact) mass is 197 g/mol. The van der Waals surface area contributed by atoms with E-state index in [1.54, 1.807) is 12.2 Å². The van der Waals surface area contributed by atoms with E-state index in [4.69, 9.17) is 0 Å². The lowest BCUT2D eigenvalue weighted by Gasteiger charge is -2.00. The molecule has 0 spiro atoms. The highest BCUT2D eigenvalue weighted by Crippen LogP contribution is 2.04. The summed E-state index contributed by atoms with van der Waals surface area (Å²) in [6.45, 7) is 11.4. The van der Waals surface area contributed by atoms with Gasteiger partial charge in [0.15, 0.2) is 7.28 Å². The van der Waals surface area contributed by atoms with E-state index in [0.29, 0.717) is 0 Å². The van der Waals surface area contributed by atoms with Crippen LogP contribution in [0.1, 0.15) is 13.8 Å². The van der Waals surface area contributed by atoms with E-state index in [2.05, 4.69) is 26.5 Å². The lowest BCUT2D eigenvalue weighted by atomic mass is 9.62. The minimum atomic E-state index is 1.13. The molecule has 0 aromatic rings. The molecule has 0 amide bonds. The molecule has 0 rings (SSSR count). The van der Waals surface area contributed by atoms with E-state index in [-0.39, 0.29) is 0 Å². The van der Waals surface area contributed by atoms with Crippen molar-refractivity contribution in [1.82, 2.24) is 0 Å². The molecule has 0 nitrogen and oxygen atoms in total. The molecule has 77 valence electrons. The Balaban J connectivity index is 4.64. The van der Waals surface area contributed by atoms with E-state index in [1.807, 2.05) is 44.2 Å². The van der Waals surface area contributed by atoms with Crippen molar-refractivity contribution >= 4 is 7.28 Å². The molecule has 0 bridgehead atoms. The van der Waals surface area contributed by atoms with Gasteiger partial charge in [-0.15, -0.1) is 0 Å². The molecule has 0 aromatic carbocycles. The third-order valence-corrected chi connectivity index (χ3v) is 1.76. The molecule has 0 atom stereocenters. The third kappa shape index (κ3) is 6.56. The van der Waals surface area contributed by atoms with Crippen LogP contribution in [0.15, 0.2) is 72.7 Å². The van der Waals surface area contributed by atoms with Crippen molar-refractivity contribution in [2.24, 2.45) is 0 Å². The minimum absolute atomic E-state index is 1.13. The molecule has 0 fully saturated rings. The average Bonchev–Trinajstić information content (AvgIpc) is 2.24. The van der Waals surface area contributed by atoms with Crippen LogP contribution >= 0.6 is 0 Å². The predicted octanol–water partition coefficient (Wildman–Crippen LogP) is 3.98. The van der Waals surface area contributed by atoms with Gasteiger partial charge in [0.25, 0.3) is 0 Å². The highest BCUT2D eigenvalue weighted by Gasteiger charge is 1.97. The summed E-state index contributed by atoms with van der Waals surface area (Å²) in [5.74, 6) is 0. The molecule has 15 heavy (non-hydrogen) atoms. The van der Waals surface area contributed by atoms with Crippen molar-refractivity contribution in [1.29, 1.82) is 0 Å². The van der Waals surface area contributed by atoms with Crippen molar-refractivity contribution < 1.29 is 0 Å². The van der Waals surface area contributed by atoms with Gasteiger partial charge in [-0.05, 0) is 13.8 Å². The minimum Gasteiger partial charge on any atom is -0.0991 e. The second-order valence-electron chi connectivity index (χ2n) is 2.93. The lowest BCUT2D eigenvalue weighted by Crippen LogP contribution is -1.97. The van der Waals surface area contributed by atoms with Gasteiger partial charge < -0.3 is 0 Å². The van der Waals surface area contributed by atoms with Crippen molar-refractivity contribution in [3.8, 4) is 0 Å². The molecule has 0 saturated carbocycles. The van der Waals surface area contributed by atoms with Gasteiger partial charge in [-0.2, -0.15) is 0 Å². The Morgan fingerprint density at radius 2 is 1.73 bits per heavy atom. The smallest absolute Gasteiger partial charge is 0.0991 e. The van der Waals surface area contributed by atoms with Crippen LogP contribution < -0.4 is 0 Å². The second kappa shape index (κ2) is 9.08. The van der Waals surface area contributed by atoms with Gasteiger partial charge in [-0.1, -0.05) is 72.7 Å². The first-order valence-electron chi connectivity index (χ1n) is 5.04. The van der Waals surface area contributed by atoms with Crippen molar-refractivity contribution in [3.63, 3.8) is 0 Å². The van der Waals surface area contributed by atoms with Crippen molar-refractivity contribution in [2.45, 2.75) is 13.8 Å². The quantitative estimate of drug-likeness (QED) is 0.446. The average molecular weight is 197 g/mol. The first-order chi connectivity index (χ1) is 7.28. The largest absolute Gasteiger partial charge is 0.190 e. The van der Waals surface area contributed by atoms with Gasteiger partial charge in [-0.25, -0.2) is 0 Å². The van der Waals surface area contributed by atoms with E-state index < -0.39 is 0 Å². The van der Waals surface area contributed by atoms with Crippen molar-refractivity contribution in [3.05, 3.63) is 72.7 Å². The number of rotatable bonds is 6. The fourth-order valence-electron chi connectivity index (χ4n) is 1.08. The van der Waals surface area contributed by atoms with Gasteiger partial charge in [0.05, 0.1) is 0 Å². The highest BCUT2D eigenvalue weighted by atomic mass is 13.8. The summed E-state index contributed by atoms with van der Waals surface area (Å²) < 4.78 is 0. The summed E-state index contributed by atoms with van der Waals surface area (Å²) in [7, 11) is 2.10. The highest BCUT2D eigenvalue weighted by molar-refractivity contribution is 6.55. The first kappa shape index (κ1) is 13.5. The van der Waals surface area contributed by atoms with Gasteiger partial charge >= 0.3 is 0 Å². The molecule has 0 aromatic heterocycles. The van der Waals surface area contributed by atoms with E-state index in [9.17, 15) is 0 Å². The Labute approximate surface area is 94.3 Å². The zero-order chi connectivity index (χ0) is 11.5. The summed E-state index contributed by atoms with van der Waals surface area (Å²) in [4.78, 5) is 0. The summed E-state index contributed by atoms with van der Waals surface area (Å²) in [6, 6.07) is 0. The maximum atomic E-state index is 3.69. The molecule has 1 radical (unpaired) electrons. The molecule has 0 saturated heterocycles. The fraction of sp³-hybridized carbons (Fsp3) is 0.143. The lowest BCUT2D eigenvalue weighted by molar-refractivity contribution is 1.66. The van der Waals surface area contributed by atoms with Crippen molar-refractivity contribution in [2.75, 3.05) is 0 Å². The molecular formula is C14H18B. The van der Waals surface area contributed by atoms with Gasteiger partial charge in [0.1, 0.15) is 0 Å². The molecule has 0 N–H and O–H groups in total. The summed E-state index contributed by atoms with van der Waals surface area (Å²) in [5.41, 5.74) is 2.29. The molecule has 0 aliphatic rings. The van der Waals surface area contributed by atoms with Crippen LogP contribution in [0, 0.1) is 0 Å². The molecule has 0 aliphatic heterocycles. The van der Waals surface area contributed by atoms with Crippen LogP contribution in [0.25, 0.3) is 0 Å². The maximum Gasteiger partial charge on any atom is 0.190 e. The second-order valence-corrected chi connectivity index (χ2v) is 2.93. The molecule has 1 heteroatoms. The van der Waals surface area contributed by atoms with E-state index in [0.717, 1.165) is 10.9 Å². The molecule has 0 aliphatic carbocycles. The normalized spacial score (nSPS) is 13.5. The fourth-order valence-corrected chi connectivity index (χ4v) is 1.08. The topological polar surface area (TPSA) is 0 Å². The maximum absolute atomic E-state index is 3.69. The third-order valence-electron chi connectivity index (χ3n) is 1.76. The van der Waals surface area contributed by atoms with Crippen LogP contribution in [0.3, 0.4) is 0 Å². The van der Waals surface area contributed by atoms with E-state index in [1.165, 1.54) is 0 Å². The van der Waals surface area contributed by atoms with Gasteiger partial charge in [-0.3, -0.25) is 0 Å². The number of allylic oxidation sites excluding steroid dienone is 10. The van der Waals surface area contributed by atoms with Gasteiger partial charge in [0.2, 0.25) is 0 Å². The summed E-state index contributed by atoms with van der Waals surface area (Å²) in [5, 5.41) is 0. The Morgan fingerprint density at radius 3 is 2.20 bits per heavy atom. The standard InChI is InChI=1S/C14H18B/c1-5-9-12-13(8-4)15-14(10-6-2)11-7-3/h5-12H,1-2H2,3-4H3/b11-7-,12-9-,13-8+,14-10+. The molecule has 0 unspecified atom stereocenters. The summed E-state index contributed by atoms with van der Waals surface area (Å²) in [6.07, 6.45) is 15.6. The number of hydrogen-bond acceptors (Lipinski definition) is 0.